The van der Waals surface area contributed by atoms with Crippen LogP contribution in [0.4, 0.5) is 11.5 Å². The molecule has 0 radical (unpaired) electrons. The van der Waals surface area contributed by atoms with Crippen LogP contribution in [0.5, 0.6) is 5.88 Å². The molecule has 1 aliphatic heterocycles. The van der Waals surface area contributed by atoms with Gasteiger partial charge in [0, 0.05) is 19.0 Å². The fourth-order valence-corrected chi connectivity index (χ4v) is 2.20. The molecule has 0 spiro atoms. The van der Waals surface area contributed by atoms with Crippen LogP contribution >= 0.6 is 0 Å². The van der Waals surface area contributed by atoms with Gasteiger partial charge in [-0.2, -0.15) is 4.98 Å². The maximum Gasteiger partial charge on any atom is 0.239 e. The Bertz CT molecular complexity index is 502. The van der Waals surface area contributed by atoms with Crippen molar-refractivity contribution >= 4 is 17.4 Å². The Morgan fingerprint density at radius 3 is 2.95 bits per heavy atom. The first kappa shape index (κ1) is 13.0. The molecule has 1 aliphatic carbocycles. The third-order valence-corrected chi connectivity index (χ3v) is 3.66. The van der Waals surface area contributed by atoms with Crippen molar-refractivity contribution in [2.24, 2.45) is 5.92 Å². The summed E-state index contributed by atoms with van der Waals surface area (Å²) < 4.78 is 5.64. The highest BCUT2D eigenvalue weighted by atomic mass is 16.5. The summed E-state index contributed by atoms with van der Waals surface area (Å²) in [6.07, 6.45) is 3.95. The van der Waals surface area contributed by atoms with E-state index >= 15 is 0 Å². The van der Waals surface area contributed by atoms with Crippen molar-refractivity contribution in [1.82, 2.24) is 10.3 Å². The molecular formula is C14H20N4O2. The predicted molar refractivity (Wildman–Crippen MR) is 76.5 cm³/mol. The fourth-order valence-electron chi connectivity index (χ4n) is 2.20. The van der Waals surface area contributed by atoms with Crippen LogP contribution in [0.25, 0.3) is 0 Å². The number of amides is 1. The summed E-state index contributed by atoms with van der Waals surface area (Å²) in [6.45, 7) is 1.37. The standard InChI is InChI=1S/C14H20N4O2/c15-11-4-5-12(16-7-10-3-6-13(19)17-10)18-14(11)20-8-9-1-2-9/h4-5,9-10H,1-3,6-8,15H2,(H,16,18)(H,17,19). The van der Waals surface area contributed by atoms with Gasteiger partial charge in [0.2, 0.25) is 11.8 Å². The molecule has 1 saturated heterocycles. The van der Waals surface area contributed by atoms with Gasteiger partial charge in [-0.3, -0.25) is 4.79 Å². The lowest BCUT2D eigenvalue weighted by molar-refractivity contribution is -0.119. The molecule has 20 heavy (non-hydrogen) atoms. The van der Waals surface area contributed by atoms with Gasteiger partial charge in [-0.1, -0.05) is 0 Å². The van der Waals surface area contributed by atoms with Gasteiger partial charge in [-0.25, -0.2) is 0 Å². The first-order chi connectivity index (χ1) is 9.70. The van der Waals surface area contributed by atoms with Crippen LogP contribution in [0.1, 0.15) is 25.7 Å². The van der Waals surface area contributed by atoms with Gasteiger partial charge < -0.3 is 21.1 Å². The van der Waals surface area contributed by atoms with Crippen molar-refractivity contribution in [3.05, 3.63) is 12.1 Å². The lowest BCUT2D eigenvalue weighted by Crippen LogP contribution is -2.32. The van der Waals surface area contributed by atoms with Crippen LogP contribution in [0, 0.1) is 5.92 Å². The Balaban J connectivity index is 1.55. The minimum Gasteiger partial charge on any atom is -0.476 e. The van der Waals surface area contributed by atoms with Gasteiger partial charge in [-0.15, -0.1) is 0 Å². The van der Waals surface area contributed by atoms with Crippen LogP contribution < -0.4 is 21.1 Å². The lowest BCUT2D eigenvalue weighted by atomic mass is 10.2. The maximum absolute atomic E-state index is 11.1. The number of nitrogen functional groups attached to an aromatic ring is 1. The van der Waals surface area contributed by atoms with E-state index in [4.69, 9.17) is 10.5 Å². The number of rotatable bonds is 6. The molecule has 1 aromatic rings. The molecule has 108 valence electrons. The number of hydrogen-bond donors (Lipinski definition) is 3. The SMILES string of the molecule is Nc1ccc(NCC2CCC(=O)N2)nc1OCC1CC1. The van der Waals surface area contributed by atoms with Crippen molar-refractivity contribution in [3.63, 3.8) is 0 Å². The third kappa shape index (κ3) is 3.31. The number of hydrogen-bond acceptors (Lipinski definition) is 5. The van der Waals surface area contributed by atoms with Crippen LogP contribution in [0.2, 0.25) is 0 Å². The monoisotopic (exact) mass is 276 g/mol. The first-order valence-corrected chi connectivity index (χ1v) is 7.13. The molecule has 1 atom stereocenters. The Labute approximate surface area is 118 Å². The van der Waals surface area contributed by atoms with E-state index in [2.05, 4.69) is 15.6 Å². The van der Waals surface area contributed by atoms with Crippen LogP contribution in [0.15, 0.2) is 12.1 Å². The van der Waals surface area contributed by atoms with E-state index in [0.717, 1.165) is 12.2 Å². The number of nitrogens with one attached hydrogen (secondary N) is 2. The Morgan fingerprint density at radius 2 is 2.25 bits per heavy atom. The molecule has 2 aliphatic rings. The van der Waals surface area contributed by atoms with E-state index in [-0.39, 0.29) is 11.9 Å². The van der Waals surface area contributed by atoms with Crippen molar-refractivity contribution in [1.29, 1.82) is 0 Å². The van der Waals surface area contributed by atoms with Gasteiger partial charge in [0.05, 0.1) is 12.3 Å². The van der Waals surface area contributed by atoms with E-state index in [1.807, 2.05) is 6.07 Å². The number of ether oxygens (including phenoxy) is 1. The van der Waals surface area contributed by atoms with Crippen molar-refractivity contribution in [2.45, 2.75) is 31.7 Å². The van der Waals surface area contributed by atoms with Gasteiger partial charge >= 0.3 is 0 Å². The summed E-state index contributed by atoms with van der Waals surface area (Å²) in [5, 5.41) is 6.13. The zero-order valence-electron chi connectivity index (χ0n) is 11.4. The molecule has 6 nitrogen and oxygen atoms in total. The van der Waals surface area contributed by atoms with E-state index in [0.29, 0.717) is 37.1 Å². The molecule has 2 fully saturated rings. The second kappa shape index (κ2) is 5.56. The number of anilines is 2. The molecule has 6 heteroatoms. The number of nitrogens with two attached hydrogens (primary N) is 1. The summed E-state index contributed by atoms with van der Waals surface area (Å²) in [7, 11) is 0. The minimum absolute atomic E-state index is 0.121. The van der Waals surface area contributed by atoms with Crippen molar-refractivity contribution < 1.29 is 9.53 Å². The van der Waals surface area contributed by atoms with Gasteiger partial charge in [0.15, 0.2) is 0 Å². The molecule has 1 aromatic heterocycles. The number of carbonyl (C=O) groups excluding carboxylic acids is 1. The number of pyridine rings is 1. The van der Waals surface area contributed by atoms with E-state index < -0.39 is 0 Å². The Hall–Kier alpha value is -1.98. The van der Waals surface area contributed by atoms with Gasteiger partial charge in [0.25, 0.3) is 0 Å². The fraction of sp³-hybridized carbons (Fsp3) is 0.571. The molecule has 1 saturated carbocycles. The molecule has 1 unspecified atom stereocenters. The Morgan fingerprint density at radius 1 is 1.40 bits per heavy atom. The average Bonchev–Trinajstić information content (AvgIpc) is 3.18. The second-order valence-electron chi connectivity index (χ2n) is 5.53. The van der Waals surface area contributed by atoms with Crippen LogP contribution in [-0.2, 0) is 4.79 Å². The normalized spacial score (nSPS) is 21.6. The molecular weight excluding hydrogens is 256 g/mol. The summed E-state index contributed by atoms with van der Waals surface area (Å²) in [5.74, 6) is 2.01. The predicted octanol–water partition coefficient (Wildman–Crippen LogP) is 1.14. The summed E-state index contributed by atoms with van der Waals surface area (Å²) >= 11 is 0. The van der Waals surface area contributed by atoms with Gasteiger partial charge in [0.1, 0.15) is 5.82 Å². The highest BCUT2D eigenvalue weighted by molar-refractivity contribution is 5.78. The first-order valence-electron chi connectivity index (χ1n) is 7.13. The summed E-state index contributed by atoms with van der Waals surface area (Å²) in [4.78, 5) is 15.5. The highest BCUT2D eigenvalue weighted by Gasteiger charge is 2.23. The number of nitrogens with zero attached hydrogens (tertiary/aromatic N) is 1. The molecule has 3 rings (SSSR count). The van der Waals surface area contributed by atoms with E-state index in [9.17, 15) is 4.79 Å². The zero-order chi connectivity index (χ0) is 13.9. The lowest BCUT2D eigenvalue weighted by Gasteiger charge is -2.13. The smallest absolute Gasteiger partial charge is 0.239 e. The topological polar surface area (TPSA) is 89.3 Å². The quantitative estimate of drug-likeness (QED) is 0.725. The molecule has 2 heterocycles. The van der Waals surface area contributed by atoms with E-state index in [1.165, 1.54) is 12.8 Å². The van der Waals surface area contributed by atoms with Crippen molar-refractivity contribution in [2.75, 3.05) is 24.2 Å². The highest BCUT2D eigenvalue weighted by Crippen LogP contribution is 2.30. The second-order valence-corrected chi connectivity index (χ2v) is 5.53. The average molecular weight is 276 g/mol. The molecule has 1 amide bonds. The molecule has 4 N–H and O–H groups in total. The van der Waals surface area contributed by atoms with Crippen LogP contribution in [0.3, 0.4) is 0 Å². The number of aromatic nitrogens is 1. The van der Waals surface area contributed by atoms with Crippen LogP contribution in [-0.4, -0.2) is 30.1 Å². The van der Waals surface area contributed by atoms with Gasteiger partial charge in [-0.05, 0) is 37.3 Å². The molecule has 0 aromatic carbocycles. The maximum atomic E-state index is 11.1. The third-order valence-electron chi connectivity index (χ3n) is 3.66. The summed E-state index contributed by atoms with van der Waals surface area (Å²) in [6, 6.07) is 3.80. The van der Waals surface area contributed by atoms with E-state index in [1.54, 1.807) is 6.07 Å². The largest absolute Gasteiger partial charge is 0.476 e. The molecule has 0 bridgehead atoms. The van der Waals surface area contributed by atoms with Crippen molar-refractivity contribution in [3.8, 4) is 5.88 Å². The zero-order valence-corrected chi connectivity index (χ0v) is 11.4. The number of carbonyl (C=O) groups is 1. The minimum atomic E-state index is 0.121. The summed E-state index contributed by atoms with van der Waals surface area (Å²) in [5.41, 5.74) is 6.42. The Kier molecular flexibility index (Phi) is 3.62.